The number of rotatable bonds is 0. The first-order valence-corrected chi connectivity index (χ1v) is 8.87. The van der Waals surface area contributed by atoms with Gasteiger partial charge in [0, 0.05) is 35.8 Å². The number of allylic oxidation sites excluding steroid dienone is 1. The molecule has 3 saturated carbocycles. The van der Waals surface area contributed by atoms with Crippen LogP contribution in [0.2, 0.25) is 0 Å². The Kier molecular flexibility index (Phi) is 2.75. The van der Waals surface area contributed by atoms with Crippen molar-refractivity contribution in [2.75, 3.05) is 0 Å². The number of hydrogen-bond acceptors (Lipinski definition) is 5. The standard InChI is InChI=1S/C20H22O5/c1-19(2)12-6-20(24)7-13(22)15(16(12)18(20)23)11-8-25-14-5-9(21)3-4-10(14)17(11)19/h3-5,8,12,15-18,21,23-24H,6-7H2,1-2H3/t12-,15?,16?,17?,18?,20-/m0/s1. The lowest BCUT2D eigenvalue weighted by molar-refractivity contribution is -0.149. The summed E-state index contributed by atoms with van der Waals surface area (Å²) in [4.78, 5) is 12.8. The minimum Gasteiger partial charge on any atom is -0.508 e. The smallest absolute Gasteiger partial charge is 0.143 e. The number of aromatic hydroxyl groups is 1. The number of ether oxygens (including phenoxy) is 1. The Bertz CT molecular complexity index is 825. The number of phenols is 1. The molecule has 3 N–H and O–H groups in total. The zero-order valence-electron chi connectivity index (χ0n) is 14.3. The van der Waals surface area contributed by atoms with E-state index in [9.17, 15) is 20.1 Å². The van der Waals surface area contributed by atoms with Gasteiger partial charge in [0.2, 0.25) is 0 Å². The highest BCUT2D eigenvalue weighted by atomic mass is 16.5. The summed E-state index contributed by atoms with van der Waals surface area (Å²) in [5.41, 5.74) is 0.312. The van der Waals surface area contributed by atoms with Crippen LogP contribution in [0.1, 0.15) is 38.2 Å². The van der Waals surface area contributed by atoms with Gasteiger partial charge in [-0.15, -0.1) is 0 Å². The van der Waals surface area contributed by atoms with Gasteiger partial charge in [0.15, 0.2) is 0 Å². The van der Waals surface area contributed by atoms with Crippen molar-refractivity contribution in [2.45, 2.75) is 44.3 Å². The summed E-state index contributed by atoms with van der Waals surface area (Å²) in [7, 11) is 0. The van der Waals surface area contributed by atoms with E-state index in [-0.39, 0.29) is 41.1 Å². The quantitative estimate of drug-likeness (QED) is 0.672. The molecule has 0 amide bonds. The average Bonchev–Trinajstić information content (AvgIpc) is 2.73. The van der Waals surface area contributed by atoms with Crippen molar-refractivity contribution in [3.05, 3.63) is 35.6 Å². The van der Waals surface area contributed by atoms with Crippen LogP contribution >= 0.6 is 0 Å². The Morgan fingerprint density at radius 3 is 2.80 bits per heavy atom. The third-order valence-electron chi connectivity index (χ3n) is 7.19. The van der Waals surface area contributed by atoms with E-state index >= 15 is 0 Å². The van der Waals surface area contributed by atoms with Crippen LogP contribution in [0.15, 0.2) is 30.0 Å². The van der Waals surface area contributed by atoms with Gasteiger partial charge in [0.05, 0.1) is 18.0 Å². The fraction of sp³-hybridized carbons (Fsp3) is 0.550. The number of carbonyl (C=O) groups is 1. The monoisotopic (exact) mass is 342 g/mol. The number of phenolic OH excluding ortho intramolecular Hbond substituents is 1. The van der Waals surface area contributed by atoms with E-state index in [1.807, 2.05) is 6.07 Å². The van der Waals surface area contributed by atoms with Crippen molar-refractivity contribution in [3.8, 4) is 11.5 Å². The molecule has 25 heavy (non-hydrogen) atoms. The molecule has 1 aromatic rings. The second-order valence-corrected chi connectivity index (χ2v) is 8.77. The molecule has 0 aromatic heterocycles. The number of benzene rings is 1. The number of hydrogen-bond donors (Lipinski definition) is 3. The average molecular weight is 342 g/mol. The lowest BCUT2D eigenvalue weighted by Gasteiger charge is -2.53. The molecule has 5 rings (SSSR count). The minimum atomic E-state index is -1.30. The third-order valence-corrected chi connectivity index (χ3v) is 7.19. The first-order valence-electron chi connectivity index (χ1n) is 8.87. The first-order chi connectivity index (χ1) is 11.7. The van der Waals surface area contributed by atoms with Crippen molar-refractivity contribution in [2.24, 2.45) is 23.2 Å². The highest BCUT2D eigenvalue weighted by Crippen LogP contribution is 2.68. The van der Waals surface area contributed by atoms with Crippen LogP contribution < -0.4 is 4.74 Å². The van der Waals surface area contributed by atoms with Gasteiger partial charge in [-0.1, -0.05) is 19.9 Å². The normalized spacial score (nSPS) is 43.0. The van der Waals surface area contributed by atoms with Crippen molar-refractivity contribution in [1.82, 2.24) is 0 Å². The zero-order valence-corrected chi connectivity index (χ0v) is 14.3. The SMILES string of the molecule is CC1(C)C2C(=COc3cc(O)ccc32)C2C(=O)C[C@@]3(O)C[C@H]1C2C3O. The molecule has 0 saturated heterocycles. The minimum absolute atomic E-state index is 0.00196. The topological polar surface area (TPSA) is 87.0 Å². The van der Waals surface area contributed by atoms with E-state index in [1.54, 1.807) is 18.4 Å². The van der Waals surface area contributed by atoms with Crippen LogP contribution in [0.25, 0.3) is 0 Å². The van der Waals surface area contributed by atoms with Gasteiger partial charge < -0.3 is 20.1 Å². The Morgan fingerprint density at radius 1 is 1.28 bits per heavy atom. The Labute approximate surface area is 145 Å². The predicted octanol–water partition coefficient (Wildman–Crippen LogP) is 2.11. The van der Waals surface area contributed by atoms with E-state index in [0.717, 1.165) is 11.1 Å². The molecule has 6 atom stereocenters. The van der Waals surface area contributed by atoms with Gasteiger partial charge in [0.25, 0.3) is 0 Å². The van der Waals surface area contributed by atoms with Crippen LogP contribution in [0.3, 0.4) is 0 Å². The lowest BCUT2D eigenvalue weighted by Crippen LogP contribution is -2.55. The highest BCUT2D eigenvalue weighted by Gasteiger charge is 2.69. The molecule has 1 aromatic carbocycles. The summed E-state index contributed by atoms with van der Waals surface area (Å²) in [6, 6.07) is 5.10. The Hall–Kier alpha value is -1.85. The van der Waals surface area contributed by atoms with Crippen molar-refractivity contribution in [3.63, 3.8) is 0 Å². The van der Waals surface area contributed by atoms with Crippen LogP contribution in [-0.2, 0) is 4.79 Å². The second kappa shape index (κ2) is 4.46. The van der Waals surface area contributed by atoms with E-state index < -0.39 is 17.6 Å². The molecule has 132 valence electrons. The number of Topliss-reactive ketones (excluding diaryl/α,β-unsaturated/α-hetero) is 1. The van der Waals surface area contributed by atoms with Gasteiger partial charge in [-0.25, -0.2) is 0 Å². The predicted molar refractivity (Wildman–Crippen MR) is 89.0 cm³/mol. The molecular formula is C20H22O5. The van der Waals surface area contributed by atoms with Crippen LogP contribution in [0, 0.1) is 23.2 Å². The molecule has 3 aliphatic carbocycles. The summed E-state index contributed by atoms with van der Waals surface area (Å²) in [6.45, 7) is 4.30. The van der Waals surface area contributed by atoms with Gasteiger partial charge in [-0.2, -0.15) is 0 Å². The number of fused-ring (bicyclic) bond motifs is 5. The zero-order chi connectivity index (χ0) is 17.7. The largest absolute Gasteiger partial charge is 0.508 e. The fourth-order valence-electron chi connectivity index (χ4n) is 6.14. The summed E-state index contributed by atoms with van der Waals surface area (Å²) in [5, 5.41) is 31.4. The Balaban J connectivity index is 1.73. The van der Waals surface area contributed by atoms with Crippen molar-refractivity contribution in [1.29, 1.82) is 0 Å². The number of aliphatic hydroxyl groups excluding tert-OH is 1. The molecule has 3 fully saturated rings. The third kappa shape index (κ3) is 1.73. The number of aliphatic hydroxyl groups is 2. The van der Waals surface area contributed by atoms with Crippen molar-refractivity contribution >= 4 is 5.78 Å². The molecule has 1 aliphatic heterocycles. The number of carbonyl (C=O) groups excluding carboxylic acids is 1. The lowest BCUT2D eigenvalue weighted by atomic mass is 9.51. The summed E-state index contributed by atoms with van der Waals surface area (Å²) in [5.74, 6) is 0.112. The molecule has 0 spiro atoms. The molecule has 1 heterocycles. The Morgan fingerprint density at radius 2 is 2.04 bits per heavy atom. The van der Waals surface area contributed by atoms with Crippen LogP contribution in [0.5, 0.6) is 11.5 Å². The van der Waals surface area contributed by atoms with Gasteiger partial charge in [0.1, 0.15) is 17.3 Å². The maximum atomic E-state index is 12.8. The van der Waals surface area contributed by atoms with E-state index in [0.29, 0.717) is 12.2 Å². The van der Waals surface area contributed by atoms with Crippen LogP contribution in [-0.4, -0.2) is 32.8 Å². The fourth-order valence-corrected chi connectivity index (χ4v) is 6.14. The second-order valence-electron chi connectivity index (χ2n) is 8.77. The molecule has 2 bridgehead atoms. The maximum absolute atomic E-state index is 12.8. The summed E-state index contributed by atoms with van der Waals surface area (Å²) in [6.07, 6.45) is 1.23. The number of ketones is 1. The summed E-state index contributed by atoms with van der Waals surface area (Å²) < 4.78 is 5.76. The van der Waals surface area contributed by atoms with Gasteiger partial charge in [-0.3, -0.25) is 4.79 Å². The molecule has 4 unspecified atom stereocenters. The van der Waals surface area contributed by atoms with E-state index in [1.165, 1.54) is 0 Å². The van der Waals surface area contributed by atoms with Crippen LogP contribution in [0.4, 0.5) is 0 Å². The van der Waals surface area contributed by atoms with E-state index in [2.05, 4.69) is 13.8 Å². The van der Waals surface area contributed by atoms with Gasteiger partial charge >= 0.3 is 0 Å². The molecule has 5 heteroatoms. The molecule has 5 nitrogen and oxygen atoms in total. The molecular weight excluding hydrogens is 320 g/mol. The first kappa shape index (κ1) is 15.4. The molecule has 4 aliphatic rings. The van der Waals surface area contributed by atoms with E-state index in [4.69, 9.17) is 4.74 Å². The highest BCUT2D eigenvalue weighted by molar-refractivity contribution is 5.88. The molecule has 0 radical (unpaired) electrons. The maximum Gasteiger partial charge on any atom is 0.143 e. The van der Waals surface area contributed by atoms with Gasteiger partial charge in [-0.05, 0) is 29.4 Å². The summed E-state index contributed by atoms with van der Waals surface area (Å²) >= 11 is 0. The van der Waals surface area contributed by atoms with Crippen molar-refractivity contribution < 1.29 is 24.9 Å².